The summed E-state index contributed by atoms with van der Waals surface area (Å²) in [5.41, 5.74) is -1.87. The zero-order chi connectivity index (χ0) is 16.0. The minimum atomic E-state index is -4.83. The molecule has 1 atom stereocenters. The third-order valence-corrected chi connectivity index (χ3v) is 4.20. The van der Waals surface area contributed by atoms with Crippen LogP contribution in [0.2, 0.25) is 0 Å². The van der Waals surface area contributed by atoms with Crippen LogP contribution in [0, 0.1) is 11.6 Å². The average Bonchev–Trinajstić information content (AvgIpc) is 2.72. The van der Waals surface area contributed by atoms with Crippen molar-refractivity contribution in [1.29, 1.82) is 0 Å². The van der Waals surface area contributed by atoms with Crippen molar-refractivity contribution >= 4 is 21.2 Å². The lowest BCUT2D eigenvalue weighted by atomic mass is 10.2. The first-order chi connectivity index (χ1) is 9.50. The maximum atomic E-state index is 13.7. The Balaban J connectivity index is 2.53. The third kappa shape index (κ3) is 3.14. The summed E-state index contributed by atoms with van der Waals surface area (Å²) in [6.45, 7) is 0. The van der Waals surface area contributed by atoms with E-state index in [2.05, 4.69) is 5.10 Å². The molecule has 1 aromatic rings. The summed E-state index contributed by atoms with van der Waals surface area (Å²) < 4.78 is 87.7. The van der Waals surface area contributed by atoms with Crippen LogP contribution in [-0.4, -0.2) is 31.9 Å². The van der Waals surface area contributed by atoms with Crippen LogP contribution in [0.25, 0.3) is 0 Å². The zero-order valence-electron chi connectivity index (χ0n) is 10.5. The summed E-state index contributed by atoms with van der Waals surface area (Å²) in [6.07, 6.45) is -5.02. The van der Waals surface area contributed by atoms with E-state index in [0.29, 0.717) is 11.1 Å². The molecule has 1 heterocycles. The van der Waals surface area contributed by atoms with Gasteiger partial charge < -0.3 is 0 Å². The number of sulfone groups is 1. The fourth-order valence-corrected chi connectivity index (χ4v) is 2.85. The Morgan fingerprint density at radius 1 is 1.29 bits per heavy atom. The van der Waals surface area contributed by atoms with E-state index >= 15 is 0 Å². The van der Waals surface area contributed by atoms with Gasteiger partial charge in [-0.1, -0.05) is 0 Å². The molecule has 2 rings (SSSR count). The van der Waals surface area contributed by atoms with Crippen molar-refractivity contribution in [2.24, 2.45) is 5.10 Å². The maximum absolute atomic E-state index is 13.7. The second-order valence-electron chi connectivity index (χ2n) is 4.47. The van der Waals surface area contributed by atoms with Crippen molar-refractivity contribution < 1.29 is 30.4 Å². The molecule has 0 aliphatic carbocycles. The van der Waals surface area contributed by atoms with Gasteiger partial charge in [-0.3, -0.25) is 0 Å². The molecular weight excluding hydrogens is 319 g/mol. The summed E-state index contributed by atoms with van der Waals surface area (Å²) in [6, 6.07) is 2.08. The Morgan fingerprint density at radius 3 is 2.38 bits per heavy atom. The van der Waals surface area contributed by atoms with Crippen LogP contribution in [0.1, 0.15) is 6.42 Å². The minimum Gasteiger partial charge on any atom is -0.244 e. The third-order valence-electron chi connectivity index (χ3n) is 2.85. The summed E-state index contributed by atoms with van der Waals surface area (Å²) in [4.78, 5) is 0. The molecule has 116 valence electrons. The molecule has 0 spiro atoms. The molecule has 4 nitrogen and oxygen atoms in total. The Bertz CT molecular complexity index is 699. The molecule has 0 radical (unpaired) electrons. The molecule has 1 aromatic carbocycles. The smallest absolute Gasteiger partial charge is 0.244 e. The number of anilines is 1. The molecule has 0 bridgehead atoms. The first-order valence-corrected chi connectivity index (χ1v) is 7.53. The largest absolute Gasteiger partial charge is 0.431 e. The van der Waals surface area contributed by atoms with Gasteiger partial charge in [0.2, 0.25) is 0 Å². The summed E-state index contributed by atoms with van der Waals surface area (Å²) >= 11 is 0. The van der Waals surface area contributed by atoms with Gasteiger partial charge in [0.05, 0.1) is 5.69 Å². The Labute approximate surface area is 116 Å². The molecule has 0 saturated carbocycles. The van der Waals surface area contributed by atoms with E-state index in [4.69, 9.17) is 0 Å². The fourth-order valence-electron chi connectivity index (χ4n) is 1.87. The van der Waals surface area contributed by atoms with Crippen molar-refractivity contribution in [2.45, 2.75) is 18.0 Å². The second-order valence-corrected chi connectivity index (χ2v) is 6.68. The molecule has 0 aromatic heterocycles. The molecule has 0 amide bonds. The number of hydrogen-bond acceptors (Lipinski definition) is 4. The van der Waals surface area contributed by atoms with Gasteiger partial charge in [-0.25, -0.2) is 22.2 Å². The highest BCUT2D eigenvalue weighted by atomic mass is 32.2. The quantitative estimate of drug-likeness (QED) is 0.784. The first-order valence-electron chi connectivity index (χ1n) is 5.58. The molecule has 21 heavy (non-hydrogen) atoms. The Morgan fingerprint density at radius 2 is 1.90 bits per heavy atom. The van der Waals surface area contributed by atoms with Crippen molar-refractivity contribution in [3.8, 4) is 0 Å². The van der Waals surface area contributed by atoms with Crippen molar-refractivity contribution in [3.05, 3.63) is 29.8 Å². The highest BCUT2D eigenvalue weighted by Gasteiger charge is 2.46. The van der Waals surface area contributed by atoms with E-state index in [-0.39, 0.29) is 0 Å². The fraction of sp³-hybridized carbons (Fsp3) is 0.364. The average molecular weight is 328 g/mol. The SMILES string of the molecule is CS(=O)(=O)[C@H]1CC(C(F)(F)F)=NN1c1ccc(F)cc1F. The van der Waals surface area contributed by atoms with Crippen LogP contribution in [0.4, 0.5) is 27.6 Å². The van der Waals surface area contributed by atoms with Crippen LogP contribution in [0.15, 0.2) is 23.3 Å². The maximum Gasteiger partial charge on any atom is 0.431 e. The lowest BCUT2D eigenvalue weighted by Crippen LogP contribution is -2.34. The van der Waals surface area contributed by atoms with Crippen LogP contribution in [0.5, 0.6) is 0 Å². The predicted molar refractivity (Wildman–Crippen MR) is 65.6 cm³/mol. The monoisotopic (exact) mass is 328 g/mol. The minimum absolute atomic E-state index is 0.424. The number of halogens is 5. The lowest BCUT2D eigenvalue weighted by Gasteiger charge is -2.22. The van der Waals surface area contributed by atoms with Gasteiger partial charge in [-0.2, -0.15) is 18.3 Å². The lowest BCUT2D eigenvalue weighted by molar-refractivity contribution is -0.0599. The van der Waals surface area contributed by atoms with E-state index in [1.807, 2.05) is 0 Å². The number of hydrogen-bond donors (Lipinski definition) is 0. The van der Waals surface area contributed by atoms with E-state index < -0.39 is 50.8 Å². The summed E-state index contributed by atoms with van der Waals surface area (Å²) in [5, 5.41) is 1.89. The number of hydrazone groups is 1. The van der Waals surface area contributed by atoms with Gasteiger partial charge in [-0.05, 0) is 12.1 Å². The van der Waals surface area contributed by atoms with Gasteiger partial charge in [0.1, 0.15) is 11.5 Å². The molecule has 1 aliphatic heterocycles. The van der Waals surface area contributed by atoms with Crippen LogP contribution in [0.3, 0.4) is 0 Å². The van der Waals surface area contributed by atoms with Crippen molar-refractivity contribution in [3.63, 3.8) is 0 Å². The van der Waals surface area contributed by atoms with Crippen molar-refractivity contribution in [2.75, 3.05) is 11.3 Å². The van der Waals surface area contributed by atoms with Gasteiger partial charge in [0.15, 0.2) is 21.0 Å². The Hall–Kier alpha value is -1.71. The summed E-state index contributed by atoms with van der Waals surface area (Å²) in [5.74, 6) is -2.14. The summed E-state index contributed by atoms with van der Waals surface area (Å²) in [7, 11) is -3.97. The molecule has 0 unspecified atom stereocenters. The molecule has 10 heteroatoms. The van der Waals surface area contributed by atoms with Crippen molar-refractivity contribution in [1.82, 2.24) is 0 Å². The predicted octanol–water partition coefficient (Wildman–Crippen LogP) is 2.46. The molecule has 1 aliphatic rings. The van der Waals surface area contributed by atoms with E-state index in [0.717, 1.165) is 18.4 Å². The van der Waals surface area contributed by atoms with Gasteiger partial charge in [0.25, 0.3) is 0 Å². The first kappa shape index (κ1) is 15.7. The number of rotatable bonds is 2. The van der Waals surface area contributed by atoms with E-state index in [9.17, 15) is 30.4 Å². The van der Waals surface area contributed by atoms with Gasteiger partial charge >= 0.3 is 6.18 Å². The number of alkyl halides is 3. The Kier molecular flexibility index (Phi) is 3.68. The zero-order valence-corrected chi connectivity index (χ0v) is 11.3. The van der Waals surface area contributed by atoms with Crippen LogP contribution >= 0.6 is 0 Å². The highest BCUT2D eigenvalue weighted by Crippen LogP contribution is 2.34. The molecular formula is C11H9F5N2O2S. The highest BCUT2D eigenvalue weighted by molar-refractivity contribution is 7.91. The normalized spacial score (nSPS) is 19.8. The number of benzene rings is 1. The molecule has 0 fully saturated rings. The second kappa shape index (κ2) is 4.93. The number of nitrogens with zero attached hydrogens (tertiary/aromatic N) is 2. The van der Waals surface area contributed by atoms with Crippen LogP contribution in [-0.2, 0) is 9.84 Å². The van der Waals surface area contributed by atoms with Crippen LogP contribution < -0.4 is 5.01 Å². The molecule has 0 N–H and O–H groups in total. The standard InChI is InChI=1S/C11H9F5N2O2S/c1-21(19,20)10-5-9(11(14,15)16)17-18(10)8-3-2-6(12)4-7(8)13/h2-4,10H,5H2,1H3/t10-/m0/s1. The van der Waals surface area contributed by atoms with E-state index in [1.165, 1.54) is 0 Å². The molecule has 0 saturated heterocycles. The van der Waals surface area contributed by atoms with Gasteiger partial charge in [0, 0.05) is 18.7 Å². The topological polar surface area (TPSA) is 49.7 Å². The van der Waals surface area contributed by atoms with E-state index in [1.54, 1.807) is 0 Å². The van der Waals surface area contributed by atoms with Gasteiger partial charge in [-0.15, -0.1) is 0 Å².